The number of rotatable bonds is 4. The zero-order chi connectivity index (χ0) is 15.4. The fourth-order valence-electron chi connectivity index (χ4n) is 1.79. The number of halogens is 2. The number of amides is 1. The highest BCUT2D eigenvalue weighted by atomic mass is 19.1. The fraction of sp³-hybridized carbons (Fsp3) is 0.188. The second-order valence-electron chi connectivity index (χ2n) is 4.66. The molecule has 0 aliphatic carbocycles. The SMILES string of the molecule is Cc1cccc(O[C@@H](C)C(=O)Nc2c(F)cccc2F)c1. The van der Waals surface area contributed by atoms with Gasteiger partial charge < -0.3 is 10.1 Å². The van der Waals surface area contributed by atoms with Crippen LogP contribution < -0.4 is 10.1 Å². The molecule has 2 rings (SSSR count). The normalized spacial score (nSPS) is 11.8. The number of aryl methyl sites for hydroxylation is 1. The van der Waals surface area contributed by atoms with Crippen LogP contribution >= 0.6 is 0 Å². The van der Waals surface area contributed by atoms with Gasteiger partial charge in [0, 0.05) is 0 Å². The van der Waals surface area contributed by atoms with Gasteiger partial charge in [-0.2, -0.15) is 0 Å². The van der Waals surface area contributed by atoms with E-state index in [0.717, 1.165) is 17.7 Å². The molecule has 0 radical (unpaired) electrons. The Bertz CT molecular complexity index is 638. The third-order valence-corrected chi connectivity index (χ3v) is 2.88. The molecule has 3 nitrogen and oxygen atoms in total. The molecule has 0 bridgehead atoms. The van der Waals surface area contributed by atoms with E-state index in [9.17, 15) is 13.6 Å². The molecule has 2 aromatic rings. The standard InChI is InChI=1S/C16H15F2NO2/c1-10-5-3-6-12(9-10)21-11(2)16(20)19-15-13(17)7-4-8-14(15)18/h3-9,11H,1-2H3,(H,19,20)/t11-/m0/s1. The molecule has 0 saturated heterocycles. The van der Waals surface area contributed by atoms with Crippen LogP contribution in [0.4, 0.5) is 14.5 Å². The lowest BCUT2D eigenvalue weighted by Crippen LogP contribution is -2.30. The zero-order valence-corrected chi connectivity index (χ0v) is 11.7. The van der Waals surface area contributed by atoms with E-state index in [-0.39, 0.29) is 0 Å². The predicted octanol–water partition coefficient (Wildman–Crippen LogP) is 3.68. The summed E-state index contributed by atoms with van der Waals surface area (Å²) in [6, 6.07) is 10.6. The van der Waals surface area contributed by atoms with Crippen LogP contribution in [0.25, 0.3) is 0 Å². The summed E-state index contributed by atoms with van der Waals surface area (Å²) < 4.78 is 32.4. The largest absolute Gasteiger partial charge is 0.481 e. The minimum atomic E-state index is -0.884. The third kappa shape index (κ3) is 3.78. The Balaban J connectivity index is 2.06. The number of carbonyl (C=O) groups is 1. The van der Waals surface area contributed by atoms with E-state index >= 15 is 0 Å². The molecule has 0 unspecified atom stereocenters. The smallest absolute Gasteiger partial charge is 0.265 e. The number of carbonyl (C=O) groups excluding carboxylic acids is 1. The Morgan fingerprint density at radius 2 is 1.76 bits per heavy atom. The first-order valence-corrected chi connectivity index (χ1v) is 6.45. The molecular weight excluding hydrogens is 276 g/mol. The molecule has 2 aromatic carbocycles. The number of benzene rings is 2. The highest BCUT2D eigenvalue weighted by molar-refractivity contribution is 5.94. The monoisotopic (exact) mass is 291 g/mol. The zero-order valence-electron chi connectivity index (χ0n) is 11.7. The van der Waals surface area contributed by atoms with Crippen molar-refractivity contribution in [3.63, 3.8) is 0 Å². The van der Waals surface area contributed by atoms with Crippen molar-refractivity contribution in [2.75, 3.05) is 5.32 Å². The number of para-hydroxylation sites is 1. The van der Waals surface area contributed by atoms with Crippen LogP contribution in [-0.4, -0.2) is 12.0 Å². The van der Waals surface area contributed by atoms with Gasteiger partial charge in [-0.1, -0.05) is 18.2 Å². The van der Waals surface area contributed by atoms with Crippen LogP contribution in [0.3, 0.4) is 0 Å². The summed E-state index contributed by atoms with van der Waals surface area (Å²) in [5.74, 6) is -1.76. The second-order valence-corrected chi connectivity index (χ2v) is 4.66. The highest BCUT2D eigenvalue weighted by Gasteiger charge is 2.18. The minimum absolute atomic E-state index is 0.470. The Morgan fingerprint density at radius 1 is 1.14 bits per heavy atom. The molecule has 0 aromatic heterocycles. The Morgan fingerprint density at radius 3 is 2.38 bits per heavy atom. The first-order valence-electron chi connectivity index (χ1n) is 6.45. The van der Waals surface area contributed by atoms with E-state index in [1.54, 1.807) is 18.2 Å². The molecular formula is C16H15F2NO2. The Kier molecular flexibility index (Phi) is 4.52. The minimum Gasteiger partial charge on any atom is -0.481 e. The van der Waals surface area contributed by atoms with Crippen molar-refractivity contribution in [2.24, 2.45) is 0 Å². The van der Waals surface area contributed by atoms with Crippen molar-refractivity contribution in [3.05, 3.63) is 59.7 Å². The van der Waals surface area contributed by atoms with Crippen molar-refractivity contribution >= 4 is 11.6 Å². The van der Waals surface area contributed by atoms with Gasteiger partial charge in [0.25, 0.3) is 5.91 Å². The van der Waals surface area contributed by atoms with Crippen LogP contribution in [0.2, 0.25) is 0 Å². The van der Waals surface area contributed by atoms with E-state index in [2.05, 4.69) is 5.32 Å². The van der Waals surface area contributed by atoms with Crippen LogP contribution in [0.15, 0.2) is 42.5 Å². The molecule has 0 saturated carbocycles. The molecule has 0 spiro atoms. The van der Waals surface area contributed by atoms with Gasteiger partial charge in [-0.05, 0) is 43.7 Å². The van der Waals surface area contributed by atoms with Crippen LogP contribution in [0.5, 0.6) is 5.75 Å². The Hall–Kier alpha value is -2.43. The number of ether oxygens (including phenoxy) is 1. The summed E-state index contributed by atoms with van der Waals surface area (Å²) >= 11 is 0. The first-order chi connectivity index (χ1) is 9.97. The molecule has 1 amide bonds. The van der Waals surface area contributed by atoms with Crippen LogP contribution in [0, 0.1) is 18.6 Å². The van der Waals surface area contributed by atoms with Crippen LogP contribution in [-0.2, 0) is 4.79 Å². The van der Waals surface area contributed by atoms with Crippen LogP contribution in [0.1, 0.15) is 12.5 Å². The number of nitrogens with one attached hydrogen (secondary N) is 1. The molecule has 0 heterocycles. The van der Waals surface area contributed by atoms with E-state index in [4.69, 9.17) is 4.74 Å². The van der Waals surface area contributed by atoms with Gasteiger partial charge in [0.05, 0.1) is 0 Å². The molecule has 1 N–H and O–H groups in total. The lowest BCUT2D eigenvalue weighted by Gasteiger charge is -2.15. The second kappa shape index (κ2) is 6.35. The summed E-state index contributed by atoms with van der Waals surface area (Å²) in [7, 11) is 0. The van der Waals surface area contributed by atoms with Crippen molar-refractivity contribution in [1.29, 1.82) is 0 Å². The van der Waals surface area contributed by atoms with E-state index < -0.39 is 29.3 Å². The first kappa shape index (κ1) is 15.0. The van der Waals surface area contributed by atoms with Crippen molar-refractivity contribution in [3.8, 4) is 5.75 Å². The molecule has 0 aliphatic rings. The van der Waals surface area contributed by atoms with Gasteiger partial charge in [-0.3, -0.25) is 4.79 Å². The average molecular weight is 291 g/mol. The lowest BCUT2D eigenvalue weighted by molar-refractivity contribution is -0.122. The van der Waals surface area contributed by atoms with Gasteiger partial charge in [-0.15, -0.1) is 0 Å². The van der Waals surface area contributed by atoms with E-state index in [1.165, 1.54) is 13.0 Å². The summed E-state index contributed by atoms with van der Waals surface area (Å²) in [5, 5.41) is 2.20. The summed E-state index contributed by atoms with van der Waals surface area (Å²) in [6.07, 6.45) is -0.884. The van der Waals surface area contributed by atoms with E-state index in [0.29, 0.717) is 5.75 Å². The summed E-state index contributed by atoms with van der Waals surface area (Å²) in [5.41, 5.74) is 0.516. The Labute approximate surface area is 121 Å². The lowest BCUT2D eigenvalue weighted by atomic mass is 10.2. The summed E-state index contributed by atoms with van der Waals surface area (Å²) in [6.45, 7) is 3.41. The summed E-state index contributed by atoms with van der Waals surface area (Å²) in [4.78, 5) is 11.9. The van der Waals surface area contributed by atoms with Crippen molar-refractivity contribution in [1.82, 2.24) is 0 Å². The number of hydrogen-bond acceptors (Lipinski definition) is 2. The van der Waals surface area contributed by atoms with Gasteiger partial charge in [-0.25, -0.2) is 8.78 Å². The maximum absolute atomic E-state index is 13.5. The predicted molar refractivity (Wildman–Crippen MR) is 76.3 cm³/mol. The highest BCUT2D eigenvalue weighted by Crippen LogP contribution is 2.19. The van der Waals surface area contributed by atoms with Gasteiger partial charge >= 0.3 is 0 Å². The average Bonchev–Trinajstić information content (AvgIpc) is 2.43. The third-order valence-electron chi connectivity index (χ3n) is 2.88. The van der Waals surface area contributed by atoms with Crippen molar-refractivity contribution in [2.45, 2.75) is 20.0 Å². The molecule has 110 valence electrons. The van der Waals surface area contributed by atoms with Gasteiger partial charge in [0.15, 0.2) is 6.10 Å². The van der Waals surface area contributed by atoms with Gasteiger partial charge in [0.1, 0.15) is 23.1 Å². The quantitative estimate of drug-likeness (QED) is 0.933. The number of anilines is 1. The fourth-order valence-corrected chi connectivity index (χ4v) is 1.79. The topological polar surface area (TPSA) is 38.3 Å². The molecule has 5 heteroatoms. The maximum Gasteiger partial charge on any atom is 0.265 e. The molecule has 0 aliphatic heterocycles. The number of hydrogen-bond donors (Lipinski definition) is 1. The molecule has 0 fully saturated rings. The molecule has 21 heavy (non-hydrogen) atoms. The van der Waals surface area contributed by atoms with Gasteiger partial charge in [0.2, 0.25) is 0 Å². The maximum atomic E-state index is 13.5. The van der Waals surface area contributed by atoms with E-state index in [1.807, 2.05) is 13.0 Å². The van der Waals surface area contributed by atoms with Crippen molar-refractivity contribution < 1.29 is 18.3 Å². The molecule has 1 atom stereocenters.